The monoisotopic (exact) mass is 362 g/mol. The Hall–Kier alpha value is -2.30. The van der Waals surface area contributed by atoms with E-state index in [0.29, 0.717) is 12.5 Å². The molecule has 0 saturated carbocycles. The Labute approximate surface area is 160 Å². The standard InChI is InChI=1S/C23H26N2O2/c1-2-25-11-10-18-17(6-5-8-21(18)25)12-24-13-20-19-7-3-4-9-22(19)27-16-23(20,14-24)15-26/h3-11,20,26H,2,12-16H2,1H3. The van der Waals surface area contributed by atoms with Gasteiger partial charge in [-0.2, -0.15) is 0 Å². The fourth-order valence-corrected chi connectivity index (χ4v) is 5.04. The van der Waals surface area contributed by atoms with Crippen LogP contribution in [0.2, 0.25) is 0 Å². The van der Waals surface area contributed by atoms with Gasteiger partial charge < -0.3 is 14.4 Å². The second-order valence-electron chi connectivity index (χ2n) is 8.02. The number of fused-ring (bicyclic) bond motifs is 4. The molecular weight excluding hydrogens is 336 g/mol. The maximum Gasteiger partial charge on any atom is 0.122 e. The van der Waals surface area contributed by atoms with Crippen LogP contribution in [0.15, 0.2) is 54.7 Å². The van der Waals surface area contributed by atoms with Crippen molar-refractivity contribution in [1.82, 2.24) is 9.47 Å². The number of para-hydroxylation sites is 1. The number of likely N-dealkylation sites (tertiary alicyclic amines) is 1. The Morgan fingerprint density at radius 1 is 1.15 bits per heavy atom. The molecule has 4 heteroatoms. The molecule has 4 nitrogen and oxygen atoms in total. The van der Waals surface area contributed by atoms with E-state index in [0.717, 1.165) is 31.9 Å². The smallest absolute Gasteiger partial charge is 0.122 e. The lowest BCUT2D eigenvalue weighted by Crippen LogP contribution is -2.42. The molecule has 1 saturated heterocycles. The van der Waals surface area contributed by atoms with E-state index in [4.69, 9.17) is 4.74 Å². The van der Waals surface area contributed by atoms with Crippen molar-refractivity contribution in [3.05, 3.63) is 65.9 Å². The summed E-state index contributed by atoms with van der Waals surface area (Å²) in [6, 6.07) is 17.1. The predicted octanol–water partition coefficient (Wildman–Crippen LogP) is 3.63. The van der Waals surface area contributed by atoms with Crippen LogP contribution in [-0.2, 0) is 13.1 Å². The summed E-state index contributed by atoms with van der Waals surface area (Å²) in [5.74, 6) is 1.31. The largest absolute Gasteiger partial charge is 0.493 e. The van der Waals surface area contributed by atoms with Gasteiger partial charge in [-0.1, -0.05) is 30.3 Å². The van der Waals surface area contributed by atoms with Crippen LogP contribution in [-0.4, -0.2) is 40.9 Å². The van der Waals surface area contributed by atoms with Crippen LogP contribution in [0.4, 0.5) is 0 Å². The van der Waals surface area contributed by atoms with E-state index >= 15 is 0 Å². The highest BCUT2D eigenvalue weighted by Crippen LogP contribution is 2.49. The van der Waals surface area contributed by atoms with Crippen molar-refractivity contribution >= 4 is 10.9 Å². The summed E-state index contributed by atoms with van der Waals surface area (Å²) >= 11 is 0. The minimum Gasteiger partial charge on any atom is -0.493 e. The first-order valence-electron chi connectivity index (χ1n) is 9.86. The van der Waals surface area contributed by atoms with Crippen molar-refractivity contribution in [3.8, 4) is 5.75 Å². The first-order chi connectivity index (χ1) is 13.2. The normalized spacial score (nSPS) is 24.6. The van der Waals surface area contributed by atoms with Crippen molar-refractivity contribution in [1.29, 1.82) is 0 Å². The first kappa shape index (κ1) is 16.8. The summed E-state index contributed by atoms with van der Waals surface area (Å²) in [5.41, 5.74) is 3.71. The third-order valence-corrected chi connectivity index (χ3v) is 6.48. The molecule has 2 aliphatic heterocycles. The summed E-state index contributed by atoms with van der Waals surface area (Å²) in [6.45, 7) is 6.67. The topological polar surface area (TPSA) is 37.6 Å². The third-order valence-electron chi connectivity index (χ3n) is 6.48. The van der Waals surface area contributed by atoms with E-state index in [-0.39, 0.29) is 12.0 Å². The molecular formula is C23H26N2O2. The number of benzene rings is 2. The molecule has 3 heterocycles. The Bertz CT molecular complexity index is 979. The van der Waals surface area contributed by atoms with Crippen LogP contribution >= 0.6 is 0 Å². The minimum absolute atomic E-state index is 0.166. The van der Waals surface area contributed by atoms with Crippen LogP contribution < -0.4 is 4.74 Å². The molecule has 0 aliphatic carbocycles. The van der Waals surface area contributed by atoms with Crippen molar-refractivity contribution in [2.45, 2.75) is 25.9 Å². The van der Waals surface area contributed by atoms with Gasteiger partial charge in [0.2, 0.25) is 0 Å². The van der Waals surface area contributed by atoms with Gasteiger partial charge in [-0.15, -0.1) is 0 Å². The number of aryl methyl sites for hydroxylation is 1. The molecule has 1 fully saturated rings. The van der Waals surface area contributed by atoms with Crippen LogP contribution in [0, 0.1) is 5.41 Å². The number of aromatic nitrogens is 1. The molecule has 27 heavy (non-hydrogen) atoms. The fraction of sp³-hybridized carbons (Fsp3) is 0.391. The molecule has 1 aromatic heterocycles. The molecule has 3 aromatic rings. The lowest BCUT2D eigenvalue weighted by atomic mass is 9.74. The van der Waals surface area contributed by atoms with E-state index in [9.17, 15) is 5.11 Å². The van der Waals surface area contributed by atoms with Gasteiger partial charge in [-0.25, -0.2) is 0 Å². The lowest BCUT2D eigenvalue weighted by Gasteiger charge is -2.38. The Morgan fingerprint density at radius 3 is 2.89 bits per heavy atom. The highest BCUT2D eigenvalue weighted by molar-refractivity contribution is 5.83. The predicted molar refractivity (Wildman–Crippen MR) is 107 cm³/mol. The number of hydrogen-bond acceptors (Lipinski definition) is 3. The number of rotatable bonds is 4. The quantitative estimate of drug-likeness (QED) is 0.770. The average Bonchev–Trinajstić information content (AvgIpc) is 3.30. The van der Waals surface area contributed by atoms with Gasteiger partial charge in [0, 0.05) is 54.6 Å². The number of ether oxygens (including phenoxy) is 1. The van der Waals surface area contributed by atoms with Crippen molar-refractivity contribution in [2.75, 3.05) is 26.3 Å². The zero-order chi connectivity index (χ0) is 18.4. The van der Waals surface area contributed by atoms with Gasteiger partial charge in [0.05, 0.1) is 13.2 Å². The van der Waals surface area contributed by atoms with Crippen LogP contribution in [0.1, 0.15) is 24.0 Å². The number of aliphatic hydroxyl groups is 1. The Morgan fingerprint density at radius 2 is 2.04 bits per heavy atom. The molecule has 0 spiro atoms. The van der Waals surface area contributed by atoms with Gasteiger partial charge in [0.25, 0.3) is 0 Å². The molecule has 2 aromatic carbocycles. The third kappa shape index (κ3) is 2.59. The van der Waals surface area contributed by atoms with E-state index in [1.807, 2.05) is 12.1 Å². The van der Waals surface area contributed by atoms with Crippen LogP contribution in [0.5, 0.6) is 5.75 Å². The summed E-state index contributed by atoms with van der Waals surface area (Å²) < 4.78 is 8.32. The molecule has 5 rings (SSSR count). The molecule has 2 aliphatic rings. The molecule has 0 bridgehead atoms. The molecule has 2 unspecified atom stereocenters. The highest BCUT2D eigenvalue weighted by atomic mass is 16.5. The van der Waals surface area contributed by atoms with E-state index in [1.54, 1.807) is 0 Å². The van der Waals surface area contributed by atoms with E-state index in [1.165, 1.54) is 22.0 Å². The summed E-state index contributed by atoms with van der Waals surface area (Å²) in [4.78, 5) is 2.49. The average molecular weight is 362 g/mol. The number of nitrogens with zero attached hydrogens (tertiary/aromatic N) is 2. The summed E-state index contributed by atoms with van der Waals surface area (Å²) in [6.07, 6.45) is 2.18. The minimum atomic E-state index is -0.197. The molecule has 140 valence electrons. The number of hydrogen-bond donors (Lipinski definition) is 1. The fourth-order valence-electron chi connectivity index (χ4n) is 5.04. The maximum atomic E-state index is 10.3. The lowest BCUT2D eigenvalue weighted by molar-refractivity contribution is 0.0458. The molecule has 0 radical (unpaired) electrons. The van der Waals surface area contributed by atoms with E-state index in [2.05, 4.69) is 59.0 Å². The SMILES string of the molecule is CCn1ccc2c(CN3CC4c5ccccc5OCC4(CO)C3)cccc21. The zero-order valence-electron chi connectivity index (χ0n) is 15.8. The molecule has 0 amide bonds. The first-order valence-corrected chi connectivity index (χ1v) is 9.86. The van der Waals surface area contributed by atoms with Crippen molar-refractivity contribution in [2.24, 2.45) is 5.41 Å². The molecule has 1 N–H and O–H groups in total. The zero-order valence-corrected chi connectivity index (χ0v) is 15.8. The van der Waals surface area contributed by atoms with Gasteiger partial charge in [0.1, 0.15) is 5.75 Å². The van der Waals surface area contributed by atoms with Gasteiger partial charge in [-0.05, 0) is 36.2 Å². The van der Waals surface area contributed by atoms with Gasteiger partial charge >= 0.3 is 0 Å². The van der Waals surface area contributed by atoms with E-state index < -0.39 is 0 Å². The van der Waals surface area contributed by atoms with Crippen LogP contribution in [0.3, 0.4) is 0 Å². The Balaban J connectivity index is 1.46. The van der Waals surface area contributed by atoms with Crippen molar-refractivity contribution in [3.63, 3.8) is 0 Å². The molecule has 2 atom stereocenters. The van der Waals surface area contributed by atoms with Crippen LogP contribution in [0.25, 0.3) is 10.9 Å². The maximum absolute atomic E-state index is 10.3. The number of aliphatic hydroxyl groups excluding tert-OH is 1. The highest BCUT2D eigenvalue weighted by Gasteiger charge is 2.50. The summed E-state index contributed by atoms with van der Waals surface area (Å²) in [7, 11) is 0. The summed E-state index contributed by atoms with van der Waals surface area (Å²) in [5, 5.41) is 11.6. The Kier molecular flexibility index (Phi) is 3.99. The second kappa shape index (κ2) is 6.39. The van der Waals surface area contributed by atoms with Crippen molar-refractivity contribution < 1.29 is 9.84 Å². The second-order valence-corrected chi connectivity index (χ2v) is 8.02. The van der Waals surface area contributed by atoms with Gasteiger partial charge in [-0.3, -0.25) is 4.90 Å². The van der Waals surface area contributed by atoms with Gasteiger partial charge in [0.15, 0.2) is 0 Å².